The second-order valence-electron chi connectivity index (χ2n) is 9.97. The first-order valence-electron chi connectivity index (χ1n) is 10.7. The average Bonchev–Trinajstić information content (AvgIpc) is 3.38. The van der Waals surface area contributed by atoms with Crippen molar-refractivity contribution < 1.29 is 14.7 Å². The predicted octanol–water partition coefficient (Wildman–Crippen LogP) is 6.06. The first-order valence-corrected chi connectivity index (χ1v) is 10.7. The molecule has 1 saturated carbocycles. The van der Waals surface area contributed by atoms with E-state index in [4.69, 9.17) is 0 Å². The number of carboxylic acid groups (broad SMARTS) is 1. The Hall–Kier alpha value is -3.14. The van der Waals surface area contributed by atoms with Crippen LogP contribution >= 0.6 is 0 Å². The van der Waals surface area contributed by atoms with Crippen molar-refractivity contribution in [2.24, 2.45) is 0 Å². The summed E-state index contributed by atoms with van der Waals surface area (Å²) in [6, 6.07) is 15.5. The van der Waals surface area contributed by atoms with Crippen molar-refractivity contribution >= 4 is 11.8 Å². The van der Waals surface area contributed by atoms with Gasteiger partial charge in [0.05, 0.1) is 11.3 Å². The van der Waals surface area contributed by atoms with Crippen LogP contribution in [0.3, 0.4) is 0 Å². The number of carbonyl (C=O) groups is 2. The van der Waals surface area contributed by atoms with Gasteiger partial charge in [0.1, 0.15) is 0 Å². The van der Waals surface area contributed by atoms with E-state index in [0.717, 1.165) is 18.5 Å². The molecule has 0 bridgehead atoms. The quantitative estimate of drug-likeness (QED) is 0.515. The largest absolute Gasteiger partial charge is 0.478 e. The van der Waals surface area contributed by atoms with Crippen molar-refractivity contribution in [1.82, 2.24) is 4.57 Å². The summed E-state index contributed by atoms with van der Waals surface area (Å²) in [7, 11) is 0. The van der Waals surface area contributed by atoms with Gasteiger partial charge in [-0.05, 0) is 59.4 Å². The van der Waals surface area contributed by atoms with Crippen molar-refractivity contribution in [3.8, 4) is 5.69 Å². The molecule has 4 nitrogen and oxygen atoms in total. The second kappa shape index (κ2) is 7.23. The monoisotopic (exact) mass is 415 g/mol. The van der Waals surface area contributed by atoms with E-state index in [0.29, 0.717) is 16.8 Å². The highest BCUT2D eigenvalue weighted by atomic mass is 16.4. The van der Waals surface area contributed by atoms with Crippen LogP contribution < -0.4 is 0 Å². The first-order chi connectivity index (χ1) is 14.5. The molecule has 0 atom stereocenters. The molecule has 4 heteroatoms. The summed E-state index contributed by atoms with van der Waals surface area (Å²) in [4.78, 5) is 25.4. The number of carboxylic acids is 1. The van der Waals surface area contributed by atoms with Crippen LogP contribution in [0, 0.1) is 6.92 Å². The van der Waals surface area contributed by atoms with E-state index in [2.05, 4.69) is 45.9 Å². The van der Waals surface area contributed by atoms with E-state index in [1.165, 1.54) is 11.1 Å². The molecule has 0 spiro atoms. The lowest BCUT2D eigenvalue weighted by Crippen LogP contribution is -2.16. The van der Waals surface area contributed by atoms with Gasteiger partial charge < -0.3 is 9.67 Å². The summed E-state index contributed by atoms with van der Waals surface area (Å²) in [6.07, 6.45) is 3.87. The third-order valence-corrected chi connectivity index (χ3v) is 6.50. The van der Waals surface area contributed by atoms with Gasteiger partial charge in [0, 0.05) is 17.4 Å². The van der Waals surface area contributed by atoms with E-state index in [-0.39, 0.29) is 22.2 Å². The Morgan fingerprint density at radius 1 is 1.03 bits per heavy atom. The van der Waals surface area contributed by atoms with Crippen molar-refractivity contribution in [3.05, 3.63) is 88.2 Å². The van der Waals surface area contributed by atoms with Crippen LogP contribution in [0.15, 0.2) is 54.7 Å². The van der Waals surface area contributed by atoms with Crippen molar-refractivity contribution in [3.63, 3.8) is 0 Å². The molecule has 1 aromatic heterocycles. The zero-order valence-corrected chi connectivity index (χ0v) is 18.8. The molecule has 0 aliphatic heterocycles. The van der Waals surface area contributed by atoms with E-state index in [1.54, 1.807) is 29.8 Å². The van der Waals surface area contributed by atoms with Crippen LogP contribution in [0.1, 0.15) is 83.6 Å². The molecule has 1 fully saturated rings. The van der Waals surface area contributed by atoms with Crippen LogP contribution in [0.4, 0.5) is 0 Å². The van der Waals surface area contributed by atoms with Gasteiger partial charge in [-0.15, -0.1) is 0 Å². The summed E-state index contributed by atoms with van der Waals surface area (Å²) >= 11 is 0. The maximum Gasteiger partial charge on any atom is 0.337 e. The minimum absolute atomic E-state index is 0.0720. The molecule has 1 aliphatic carbocycles. The van der Waals surface area contributed by atoms with Gasteiger partial charge >= 0.3 is 5.97 Å². The van der Waals surface area contributed by atoms with Crippen LogP contribution in [0.2, 0.25) is 0 Å². The molecule has 160 valence electrons. The van der Waals surface area contributed by atoms with Crippen LogP contribution in [-0.4, -0.2) is 21.4 Å². The molecule has 0 amide bonds. The highest BCUT2D eigenvalue weighted by molar-refractivity contribution is 6.10. The predicted molar refractivity (Wildman–Crippen MR) is 123 cm³/mol. The third kappa shape index (κ3) is 3.83. The Morgan fingerprint density at radius 3 is 2.23 bits per heavy atom. The molecule has 0 unspecified atom stereocenters. The molecule has 1 aliphatic rings. The number of rotatable bonds is 5. The maximum absolute atomic E-state index is 13.5. The number of hydrogen-bond donors (Lipinski definition) is 1. The lowest BCUT2D eigenvalue weighted by atomic mass is 9.83. The molecule has 3 aromatic rings. The SMILES string of the molecule is Cc1c(C(=O)O)cn(-c2cc(C(C)(C)C)cc(C3(C)CC3)c2)c1C(=O)c1ccccc1. The van der Waals surface area contributed by atoms with E-state index < -0.39 is 5.97 Å². The molecule has 0 saturated heterocycles. The normalized spacial score (nSPS) is 15.0. The lowest BCUT2D eigenvalue weighted by molar-refractivity contribution is 0.0696. The molecular formula is C27H29NO3. The van der Waals surface area contributed by atoms with Crippen molar-refractivity contribution in [2.45, 2.75) is 58.3 Å². The number of hydrogen-bond acceptors (Lipinski definition) is 2. The fraction of sp³-hybridized carbons (Fsp3) is 0.333. The number of nitrogens with zero attached hydrogens (tertiary/aromatic N) is 1. The zero-order valence-electron chi connectivity index (χ0n) is 18.8. The van der Waals surface area contributed by atoms with Gasteiger partial charge in [-0.25, -0.2) is 4.79 Å². The molecule has 1 N–H and O–H groups in total. The van der Waals surface area contributed by atoms with E-state index in [1.807, 2.05) is 18.2 Å². The standard InChI is InChI=1S/C27H29NO3/c1-17-22(25(30)31)16-28(23(17)24(29)18-9-7-6-8-10-18)21-14-19(26(2,3)4)13-20(15-21)27(5)11-12-27/h6-10,13-16H,11-12H2,1-5H3,(H,30,31). The molecule has 0 radical (unpaired) electrons. The maximum atomic E-state index is 13.5. The Balaban J connectivity index is 1.97. The van der Waals surface area contributed by atoms with E-state index in [9.17, 15) is 14.7 Å². The summed E-state index contributed by atoms with van der Waals surface area (Å²) in [5.41, 5.74) is 4.93. The number of carbonyl (C=O) groups excluding carboxylic acids is 1. The third-order valence-electron chi connectivity index (χ3n) is 6.50. The lowest BCUT2D eigenvalue weighted by Gasteiger charge is -2.24. The molecular weight excluding hydrogens is 386 g/mol. The van der Waals surface area contributed by atoms with Crippen LogP contribution in [0.25, 0.3) is 5.69 Å². The highest BCUT2D eigenvalue weighted by Crippen LogP contribution is 2.49. The fourth-order valence-electron chi connectivity index (χ4n) is 4.03. The minimum Gasteiger partial charge on any atom is -0.478 e. The molecule has 4 rings (SSSR count). The number of benzene rings is 2. The molecule has 31 heavy (non-hydrogen) atoms. The zero-order chi connectivity index (χ0) is 22.6. The van der Waals surface area contributed by atoms with Crippen LogP contribution in [0.5, 0.6) is 0 Å². The van der Waals surface area contributed by atoms with Gasteiger partial charge in [-0.1, -0.05) is 64.1 Å². The van der Waals surface area contributed by atoms with Gasteiger partial charge in [0.2, 0.25) is 5.78 Å². The number of aromatic nitrogens is 1. The Kier molecular flexibility index (Phi) is 4.92. The van der Waals surface area contributed by atoms with Gasteiger partial charge in [-0.3, -0.25) is 4.79 Å². The van der Waals surface area contributed by atoms with Gasteiger partial charge in [0.25, 0.3) is 0 Å². The van der Waals surface area contributed by atoms with Gasteiger partial charge in [0.15, 0.2) is 0 Å². The average molecular weight is 416 g/mol. The van der Waals surface area contributed by atoms with Crippen molar-refractivity contribution in [2.75, 3.05) is 0 Å². The fourth-order valence-corrected chi connectivity index (χ4v) is 4.03. The summed E-state index contributed by atoms with van der Waals surface area (Å²) in [6.45, 7) is 10.5. The second-order valence-corrected chi connectivity index (χ2v) is 9.97. The minimum atomic E-state index is -1.03. The smallest absolute Gasteiger partial charge is 0.337 e. The number of ketones is 1. The topological polar surface area (TPSA) is 59.3 Å². The number of aromatic carboxylic acids is 1. The Morgan fingerprint density at radius 2 is 1.68 bits per heavy atom. The summed E-state index contributed by atoms with van der Waals surface area (Å²) < 4.78 is 1.78. The summed E-state index contributed by atoms with van der Waals surface area (Å²) in [5, 5.41) is 9.76. The highest BCUT2D eigenvalue weighted by Gasteiger charge is 2.40. The van der Waals surface area contributed by atoms with Crippen molar-refractivity contribution in [1.29, 1.82) is 0 Å². The van der Waals surface area contributed by atoms with E-state index >= 15 is 0 Å². The van der Waals surface area contributed by atoms with Crippen LogP contribution in [-0.2, 0) is 10.8 Å². The molecule has 2 aromatic carbocycles. The molecule has 1 heterocycles. The Bertz CT molecular complexity index is 1150. The van der Waals surface area contributed by atoms with Gasteiger partial charge in [-0.2, -0.15) is 0 Å². The summed E-state index contributed by atoms with van der Waals surface area (Å²) in [5.74, 6) is -1.20. The Labute approximate surface area is 183 Å². The first kappa shape index (κ1) is 21.1.